The summed E-state index contributed by atoms with van der Waals surface area (Å²) in [6, 6.07) is 1.57. The summed E-state index contributed by atoms with van der Waals surface area (Å²) in [4.78, 5) is 1.65. The highest BCUT2D eigenvalue weighted by atomic mass is 35.5. The smallest absolute Gasteiger partial charge is 0.314 e. The van der Waals surface area contributed by atoms with Crippen LogP contribution in [-0.2, 0) is 0 Å². The number of nitrogens with one attached hydrogen (secondary N) is 1. The van der Waals surface area contributed by atoms with E-state index in [0.29, 0.717) is 31.7 Å². The lowest BCUT2D eigenvalue weighted by molar-refractivity contribution is -0.149. The van der Waals surface area contributed by atoms with Crippen molar-refractivity contribution in [1.82, 2.24) is 10.2 Å². The van der Waals surface area contributed by atoms with Crippen molar-refractivity contribution in [2.45, 2.75) is 25.6 Å². The minimum Gasteiger partial charge on any atom is -0.314 e. The summed E-state index contributed by atoms with van der Waals surface area (Å²) in [6.07, 6.45) is -5.48. The number of benzene rings is 1. The van der Waals surface area contributed by atoms with Gasteiger partial charge in [0.05, 0.1) is 11.4 Å². The third-order valence-electron chi connectivity index (χ3n) is 3.67. The lowest BCUT2D eigenvalue weighted by Gasteiger charge is -2.36. The predicted octanol–water partition coefficient (Wildman–Crippen LogP) is 4.53. The molecule has 1 N–H and O–H groups in total. The number of aryl methyl sites for hydroxylation is 1. The van der Waals surface area contributed by atoms with Crippen molar-refractivity contribution < 1.29 is 17.6 Å². The number of halogens is 7. The summed E-state index contributed by atoms with van der Waals surface area (Å²) < 4.78 is 52.8. The normalized spacial score (nSPS) is 17.1. The van der Waals surface area contributed by atoms with Gasteiger partial charge in [-0.15, -0.1) is 24.8 Å². The summed E-state index contributed by atoms with van der Waals surface area (Å²) in [5.74, 6) is -0.682. The standard InChI is InChI=1S/C14H17ClF4N2.2ClH/c1-9-2-3-10(16)12(13(9)15)11(8-14(17,18)19)21-6-4-20-5-7-21;;/h2-3,11,20H,4-8H2,1H3;2*1H/t11-;;/m0../s1. The molecule has 134 valence electrons. The van der Waals surface area contributed by atoms with Gasteiger partial charge in [0.2, 0.25) is 0 Å². The molecule has 0 radical (unpaired) electrons. The van der Waals surface area contributed by atoms with Gasteiger partial charge in [0.25, 0.3) is 0 Å². The number of alkyl halides is 3. The molecule has 0 bridgehead atoms. The molecule has 0 spiro atoms. The van der Waals surface area contributed by atoms with Crippen LogP contribution in [0.3, 0.4) is 0 Å². The Kier molecular flexibility index (Phi) is 9.17. The average Bonchev–Trinajstić information content (AvgIpc) is 2.42. The Bertz CT molecular complexity index is 506. The lowest BCUT2D eigenvalue weighted by Crippen LogP contribution is -2.46. The van der Waals surface area contributed by atoms with Gasteiger partial charge in [0, 0.05) is 37.8 Å². The summed E-state index contributed by atoms with van der Waals surface area (Å²) in [7, 11) is 0. The van der Waals surface area contributed by atoms with E-state index in [4.69, 9.17) is 11.6 Å². The van der Waals surface area contributed by atoms with Gasteiger partial charge < -0.3 is 5.32 Å². The van der Waals surface area contributed by atoms with Gasteiger partial charge >= 0.3 is 6.18 Å². The van der Waals surface area contributed by atoms with E-state index < -0.39 is 24.5 Å². The van der Waals surface area contributed by atoms with Gasteiger partial charge in [-0.3, -0.25) is 4.90 Å². The summed E-state index contributed by atoms with van der Waals surface area (Å²) >= 11 is 6.09. The van der Waals surface area contributed by atoms with E-state index >= 15 is 0 Å². The summed E-state index contributed by atoms with van der Waals surface area (Å²) in [6.45, 7) is 3.70. The molecule has 0 saturated carbocycles. The Labute approximate surface area is 150 Å². The molecule has 1 aliphatic rings. The molecule has 1 fully saturated rings. The highest BCUT2D eigenvalue weighted by Gasteiger charge is 2.38. The molecule has 2 nitrogen and oxygen atoms in total. The van der Waals surface area contributed by atoms with E-state index in [1.807, 2.05) is 0 Å². The molecule has 0 unspecified atom stereocenters. The van der Waals surface area contributed by atoms with Crippen molar-refractivity contribution in [3.63, 3.8) is 0 Å². The first-order valence-electron chi connectivity index (χ1n) is 6.75. The highest BCUT2D eigenvalue weighted by Crippen LogP contribution is 2.39. The lowest BCUT2D eigenvalue weighted by atomic mass is 9.98. The molecule has 0 aromatic heterocycles. The van der Waals surface area contributed by atoms with Gasteiger partial charge in [-0.25, -0.2) is 4.39 Å². The number of hydrogen-bond acceptors (Lipinski definition) is 2. The zero-order valence-corrected chi connectivity index (χ0v) is 14.8. The molecule has 1 aromatic rings. The van der Waals surface area contributed by atoms with Gasteiger partial charge in [0.1, 0.15) is 5.82 Å². The number of nitrogens with zero attached hydrogens (tertiary/aromatic N) is 1. The second-order valence-electron chi connectivity index (χ2n) is 5.21. The molecule has 1 saturated heterocycles. The Hall–Kier alpha value is -0.270. The Morgan fingerprint density at radius 1 is 1.22 bits per heavy atom. The first-order valence-corrected chi connectivity index (χ1v) is 7.13. The molecule has 9 heteroatoms. The van der Waals surface area contributed by atoms with Gasteiger partial charge in [-0.1, -0.05) is 17.7 Å². The van der Waals surface area contributed by atoms with Crippen molar-refractivity contribution in [3.05, 3.63) is 34.1 Å². The first-order chi connectivity index (χ1) is 9.79. The second-order valence-corrected chi connectivity index (χ2v) is 5.59. The number of hydrogen-bond donors (Lipinski definition) is 1. The molecule has 2 rings (SSSR count). The largest absolute Gasteiger partial charge is 0.390 e. The van der Waals surface area contributed by atoms with E-state index in [9.17, 15) is 17.6 Å². The predicted molar refractivity (Wildman–Crippen MR) is 88.5 cm³/mol. The van der Waals surface area contributed by atoms with Gasteiger partial charge in [0.15, 0.2) is 0 Å². The third kappa shape index (κ3) is 5.94. The molecule has 23 heavy (non-hydrogen) atoms. The molecule has 1 aromatic carbocycles. The maximum Gasteiger partial charge on any atom is 0.390 e. The van der Waals surface area contributed by atoms with Crippen LogP contribution in [-0.4, -0.2) is 37.3 Å². The zero-order chi connectivity index (χ0) is 15.6. The maximum atomic E-state index is 14.1. The van der Waals surface area contributed by atoms with Crippen molar-refractivity contribution >= 4 is 36.4 Å². The number of rotatable bonds is 3. The molecule has 1 aliphatic heterocycles. The van der Waals surface area contributed by atoms with E-state index in [0.717, 1.165) is 0 Å². The SMILES string of the molecule is Cc1ccc(F)c([C@H](CC(F)(F)F)N2CCNCC2)c1Cl.Cl.Cl. The average molecular weight is 398 g/mol. The Morgan fingerprint density at radius 3 is 2.30 bits per heavy atom. The topological polar surface area (TPSA) is 15.3 Å². The van der Waals surface area contributed by atoms with Crippen LogP contribution in [0.25, 0.3) is 0 Å². The molecule has 1 heterocycles. The van der Waals surface area contributed by atoms with E-state index in [-0.39, 0.29) is 35.4 Å². The fraction of sp³-hybridized carbons (Fsp3) is 0.571. The van der Waals surface area contributed by atoms with Crippen LogP contribution in [0.2, 0.25) is 5.02 Å². The first kappa shape index (κ1) is 22.7. The summed E-state index contributed by atoms with van der Waals surface area (Å²) in [5, 5.41) is 3.16. The quantitative estimate of drug-likeness (QED) is 0.754. The van der Waals surface area contributed by atoms with Crippen molar-refractivity contribution in [2.24, 2.45) is 0 Å². The van der Waals surface area contributed by atoms with Crippen LogP contribution in [0, 0.1) is 12.7 Å². The monoisotopic (exact) mass is 396 g/mol. The summed E-state index contributed by atoms with van der Waals surface area (Å²) in [5.41, 5.74) is 0.534. The fourth-order valence-corrected chi connectivity index (χ4v) is 2.89. The van der Waals surface area contributed by atoms with E-state index in [2.05, 4.69) is 5.32 Å². The van der Waals surface area contributed by atoms with Gasteiger partial charge in [-0.05, 0) is 18.6 Å². The highest BCUT2D eigenvalue weighted by molar-refractivity contribution is 6.32. The third-order valence-corrected chi connectivity index (χ3v) is 4.17. The van der Waals surface area contributed by atoms with Crippen LogP contribution in [0.4, 0.5) is 17.6 Å². The van der Waals surface area contributed by atoms with Crippen LogP contribution in [0.5, 0.6) is 0 Å². The van der Waals surface area contributed by atoms with Crippen LogP contribution < -0.4 is 5.32 Å². The molecule has 0 amide bonds. The van der Waals surface area contributed by atoms with E-state index in [1.54, 1.807) is 11.8 Å². The molecular formula is C14H19Cl3F4N2. The van der Waals surface area contributed by atoms with Crippen molar-refractivity contribution in [2.75, 3.05) is 26.2 Å². The minimum absolute atomic E-state index is 0. The maximum absolute atomic E-state index is 14.1. The fourth-order valence-electron chi connectivity index (χ4n) is 2.61. The zero-order valence-electron chi connectivity index (χ0n) is 12.4. The Morgan fingerprint density at radius 2 is 1.78 bits per heavy atom. The van der Waals surface area contributed by atoms with Crippen LogP contribution in [0.1, 0.15) is 23.6 Å². The minimum atomic E-state index is -4.38. The van der Waals surface area contributed by atoms with Crippen molar-refractivity contribution in [1.29, 1.82) is 0 Å². The van der Waals surface area contributed by atoms with Crippen LogP contribution >= 0.6 is 36.4 Å². The van der Waals surface area contributed by atoms with Crippen molar-refractivity contribution in [3.8, 4) is 0 Å². The van der Waals surface area contributed by atoms with Crippen LogP contribution in [0.15, 0.2) is 12.1 Å². The molecular weight excluding hydrogens is 379 g/mol. The van der Waals surface area contributed by atoms with Gasteiger partial charge in [-0.2, -0.15) is 13.2 Å². The molecule has 0 aliphatic carbocycles. The molecule has 1 atom stereocenters. The van der Waals surface area contributed by atoms with E-state index in [1.165, 1.54) is 12.1 Å². The Balaban J connectivity index is 0.00000242. The number of piperazine rings is 1. The second kappa shape index (κ2) is 9.28.